The van der Waals surface area contributed by atoms with Crippen molar-refractivity contribution in [1.82, 2.24) is 3.56 Å². The zero-order chi connectivity index (χ0) is 9.97. The van der Waals surface area contributed by atoms with E-state index in [1.807, 2.05) is 21.8 Å². The van der Waals surface area contributed by atoms with E-state index in [-0.39, 0.29) is 20.3 Å². The van der Waals surface area contributed by atoms with E-state index in [0.717, 1.165) is 24.8 Å². The van der Waals surface area contributed by atoms with Gasteiger partial charge in [0.15, 0.2) is 0 Å². The maximum absolute atomic E-state index is 11.8. The second kappa shape index (κ2) is 4.16. The third-order valence-electron chi connectivity index (χ3n) is 2.27. The van der Waals surface area contributed by atoms with Crippen molar-refractivity contribution in [2.75, 3.05) is 0 Å². The minimum absolute atomic E-state index is 0.225. The summed E-state index contributed by atoms with van der Waals surface area (Å²) in [5.74, 6) is 0. The summed E-state index contributed by atoms with van der Waals surface area (Å²) in [4.78, 5) is 11.8. The molecule has 0 aliphatic heterocycles. The van der Waals surface area contributed by atoms with Crippen molar-refractivity contribution in [1.29, 1.82) is 0 Å². The van der Waals surface area contributed by atoms with Gasteiger partial charge in [-0.3, -0.25) is 0 Å². The number of benzene rings is 1. The number of fused-ring (bicyclic) bond motifs is 1. The molecule has 2 aromatic rings. The molecule has 0 fully saturated rings. The van der Waals surface area contributed by atoms with Gasteiger partial charge in [0.1, 0.15) is 0 Å². The Morgan fingerprint density at radius 2 is 2.14 bits per heavy atom. The predicted octanol–water partition coefficient (Wildman–Crippen LogP) is 1.86. The molecule has 2 nitrogen and oxygen atoms in total. The first kappa shape index (κ1) is 9.75. The zero-order valence-corrected chi connectivity index (χ0v) is 9.91. The summed E-state index contributed by atoms with van der Waals surface area (Å²) < 4.78 is 3.24. The van der Waals surface area contributed by atoms with Gasteiger partial charge in [-0.1, -0.05) is 0 Å². The Hall–Kier alpha value is -0.791. The van der Waals surface area contributed by atoms with Gasteiger partial charge in [0.25, 0.3) is 0 Å². The van der Waals surface area contributed by atoms with Gasteiger partial charge in [-0.15, -0.1) is 0 Å². The Kier molecular flexibility index (Phi) is 2.90. The molecule has 1 aromatic heterocycles. The number of rotatable bonds is 3. The molecule has 2 rings (SSSR count). The molecule has 0 radical (unpaired) electrons. The summed E-state index contributed by atoms with van der Waals surface area (Å²) >= 11 is 0.225. The Morgan fingerprint density at radius 3 is 2.86 bits per heavy atom. The van der Waals surface area contributed by atoms with Gasteiger partial charge in [-0.05, 0) is 0 Å². The van der Waals surface area contributed by atoms with Crippen LogP contribution in [0.25, 0.3) is 9.65 Å². The summed E-state index contributed by atoms with van der Waals surface area (Å²) in [5.41, 5.74) is 0.231. The van der Waals surface area contributed by atoms with Gasteiger partial charge >= 0.3 is 88.9 Å². The van der Waals surface area contributed by atoms with Crippen molar-refractivity contribution < 1.29 is 0 Å². The molecule has 74 valence electrons. The van der Waals surface area contributed by atoms with Crippen LogP contribution in [0.1, 0.15) is 19.8 Å². The number of hydrogen-bond donors (Lipinski definition) is 0. The molecular formula is C11H13NOSe. The third-order valence-corrected chi connectivity index (χ3v) is 4.62. The zero-order valence-electron chi connectivity index (χ0n) is 8.19. The van der Waals surface area contributed by atoms with E-state index in [9.17, 15) is 4.79 Å². The average molecular weight is 254 g/mol. The van der Waals surface area contributed by atoms with Crippen molar-refractivity contribution in [2.45, 2.75) is 26.3 Å². The van der Waals surface area contributed by atoms with E-state index >= 15 is 0 Å². The van der Waals surface area contributed by atoms with Crippen molar-refractivity contribution >= 4 is 24.4 Å². The van der Waals surface area contributed by atoms with Gasteiger partial charge in [0, 0.05) is 0 Å². The molecule has 0 atom stereocenters. The summed E-state index contributed by atoms with van der Waals surface area (Å²) in [6.45, 7) is 3.07. The van der Waals surface area contributed by atoms with Crippen LogP contribution in [0, 0.1) is 0 Å². The standard InChI is InChI=1S/C11H13NOSe/c1-2-3-8-12-11(13)9-6-4-5-7-10(9)14-12/h4-7H,2-3,8H2,1H3. The average Bonchev–Trinajstić information content (AvgIpc) is 2.54. The van der Waals surface area contributed by atoms with Gasteiger partial charge < -0.3 is 0 Å². The van der Waals surface area contributed by atoms with Crippen LogP contribution < -0.4 is 5.56 Å². The quantitative estimate of drug-likeness (QED) is 0.766. The van der Waals surface area contributed by atoms with Crippen LogP contribution >= 0.6 is 0 Å². The van der Waals surface area contributed by atoms with Gasteiger partial charge in [-0.25, -0.2) is 0 Å². The van der Waals surface area contributed by atoms with Crippen molar-refractivity contribution in [3.8, 4) is 0 Å². The molecule has 0 amide bonds. The van der Waals surface area contributed by atoms with Crippen LogP contribution in [0.4, 0.5) is 0 Å². The summed E-state index contributed by atoms with van der Waals surface area (Å²) in [7, 11) is 0. The molecule has 0 N–H and O–H groups in total. The summed E-state index contributed by atoms with van der Waals surface area (Å²) in [5, 5.41) is 0.920. The number of hydrogen-bond acceptors (Lipinski definition) is 1. The molecule has 0 aliphatic carbocycles. The summed E-state index contributed by atoms with van der Waals surface area (Å²) in [6.07, 6.45) is 2.26. The minimum atomic E-state index is 0.225. The fourth-order valence-corrected chi connectivity index (χ4v) is 3.63. The van der Waals surface area contributed by atoms with Crippen molar-refractivity contribution in [3.05, 3.63) is 34.6 Å². The van der Waals surface area contributed by atoms with E-state index < -0.39 is 0 Å². The van der Waals surface area contributed by atoms with E-state index in [4.69, 9.17) is 0 Å². The van der Waals surface area contributed by atoms with E-state index in [2.05, 4.69) is 13.0 Å². The third kappa shape index (κ3) is 1.70. The topological polar surface area (TPSA) is 22.0 Å². The number of nitrogens with zero attached hydrogens (tertiary/aromatic N) is 1. The van der Waals surface area contributed by atoms with Crippen LogP contribution in [0.15, 0.2) is 29.1 Å². The van der Waals surface area contributed by atoms with Crippen molar-refractivity contribution in [2.24, 2.45) is 0 Å². The molecular weight excluding hydrogens is 241 g/mol. The second-order valence-corrected chi connectivity index (χ2v) is 5.58. The first-order valence-electron chi connectivity index (χ1n) is 4.92. The van der Waals surface area contributed by atoms with Gasteiger partial charge in [0.05, 0.1) is 0 Å². The molecule has 1 aromatic carbocycles. The van der Waals surface area contributed by atoms with Crippen LogP contribution in [0.2, 0.25) is 0 Å². The predicted molar refractivity (Wildman–Crippen MR) is 60.1 cm³/mol. The fourth-order valence-electron chi connectivity index (χ4n) is 1.47. The maximum atomic E-state index is 11.8. The molecule has 3 heteroatoms. The molecule has 0 saturated carbocycles. The number of aryl methyl sites for hydroxylation is 1. The number of unbranched alkanes of at least 4 members (excludes halogenated alkanes) is 1. The fraction of sp³-hybridized carbons (Fsp3) is 0.364. The molecule has 1 heterocycles. The number of aromatic nitrogens is 1. The summed E-state index contributed by atoms with van der Waals surface area (Å²) in [6, 6.07) is 7.96. The van der Waals surface area contributed by atoms with E-state index in [1.54, 1.807) is 0 Å². The first-order valence-corrected chi connectivity index (χ1v) is 6.54. The van der Waals surface area contributed by atoms with E-state index in [1.165, 1.54) is 4.26 Å². The molecule has 0 unspecified atom stereocenters. The molecule has 0 spiro atoms. The molecule has 0 saturated heterocycles. The Labute approximate surface area is 89.1 Å². The normalized spacial score (nSPS) is 10.9. The van der Waals surface area contributed by atoms with Crippen LogP contribution in [-0.4, -0.2) is 18.3 Å². The molecule has 0 aliphatic rings. The monoisotopic (exact) mass is 255 g/mol. The molecule has 14 heavy (non-hydrogen) atoms. The first-order chi connectivity index (χ1) is 6.83. The van der Waals surface area contributed by atoms with Gasteiger partial charge in [0.2, 0.25) is 0 Å². The SMILES string of the molecule is CCCCn1[se]c2ccccc2c1=O. The Morgan fingerprint density at radius 1 is 1.36 bits per heavy atom. The molecule has 0 bridgehead atoms. The van der Waals surface area contributed by atoms with E-state index in [0.29, 0.717) is 0 Å². The van der Waals surface area contributed by atoms with Crippen molar-refractivity contribution in [3.63, 3.8) is 0 Å². The van der Waals surface area contributed by atoms with Crippen LogP contribution in [0.3, 0.4) is 0 Å². The second-order valence-electron chi connectivity index (χ2n) is 3.35. The van der Waals surface area contributed by atoms with Crippen LogP contribution in [-0.2, 0) is 6.54 Å². The Balaban J connectivity index is 2.47. The van der Waals surface area contributed by atoms with Crippen LogP contribution in [0.5, 0.6) is 0 Å². The Bertz CT molecular complexity index is 483. The van der Waals surface area contributed by atoms with Gasteiger partial charge in [-0.2, -0.15) is 0 Å².